The van der Waals surface area contributed by atoms with Crippen molar-refractivity contribution >= 4 is 17.5 Å². The smallest absolute Gasteiger partial charge is 0.409 e. The second-order valence-electron chi connectivity index (χ2n) is 9.74. The van der Waals surface area contributed by atoms with E-state index in [-0.39, 0.29) is 12.1 Å². The molecule has 0 radical (unpaired) electrons. The van der Waals surface area contributed by atoms with E-state index < -0.39 is 0 Å². The number of nitrogens with zero attached hydrogens (tertiary/aromatic N) is 3. The number of piperazine rings is 1. The van der Waals surface area contributed by atoms with Gasteiger partial charge >= 0.3 is 6.09 Å². The van der Waals surface area contributed by atoms with Gasteiger partial charge in [0.15, 0.2) is 0 Å². The number of nitrogens with one attached hydrogen (secondary N) is 2. The molecule has 0 atom stereocenters. The minimum Gasteiger partial charge on any atom is -0.497 e. The highest BCUT2D eigenvalue weighted by atomic mass is 16.6. The zero-order chi connectivity index (χ0) is 26.3. The lowest BCUT2D eigenvalue weighted by atomic mass is 10.0. The van der Waals surface area contributed by atoms with E-state index in [4.69, 9.17) is 14.5 Å². The van der Waals surface area contributed by atoms with Crippen LogP contribution in [0, 0.1) is 0 Å². The summed E-state index contributed by atoms with van der Waals surface area (Å²) in [6.07, 6.45) is 1.52. The van der Waals surface area contributed by atoms with Crippen molar-refractivity contribution in [1.29, 1.82) is 0 Å². The molecule has 2 saturated heterocycles. The van der Waals surface area contributed by atoms with Crippen LogP contribution in [0.15, 0.2) is 60.7 Å². The summed E-state index contributed by atoms with van der Waals surface area (Å²) in [6.45, 7) is 7.69. The second-order valence-corrected chi connectivity index (χ2v) is 9.74. The SMILES string of the molecule is CCOC(=O)N1CCC(Nc2cc(-c3ccc(OC)cc3)nc(-c3ccc(N4CCNCC4)cc3)c2)CC1. The Morgan fingerprint density at radius 2 is 1.55 bits per heavy atom. The fourth-order valence-electron chi connectivity index (χ4n) is 5.09. The molecule has 0 aliphatic carbocycles. The van der Waals surface area contributed by atoms with Crippen molar-refractivity contribution in [1.82, 2.24) is 15.2 Å². The van der Waals surface area contributed by atoms with Crippen molar-refractivity contribution < 1.29 is 14.3 Å². The van der Waals surface area contributed by atoms with E-state index >= 15 is 0 Å². The number of hydrogen-bond donors (Lipinski definition) is 2. The number of methoxy groups -OCH3 is 1. The highest BCUT2D eigenvalue weighted by Crippen LogP contribution is 2.30. The molecule has 8 nitrogen and oxygen atoms in total. The highest BCUT2D eigenvalue weighted by Gasteiger charge is 2.24. The third-order valence-electron chi connectivity index (χ3n) is 7.25. The largest absolute Gasteiger partial charge is 0.497 e. The van der Waals surface area contributed by atoms with Crippen LogP contribution < -0.4 is 20.3 Å². The minimum absolute atomic E-state index is 0.219. The minimum atomic E-state index is -0.219. The maximum atomic E-state index is 12.1. The molecule has 0 bridgehead atoms. The van der Waals surface area contributed by atoms with Crippen LogP contribution in [-0.4, -0.2) is 75.0 Å². The van der Waals surface area contributed by atoms with Crippen molar-refractivity contribution in [3.63, 3.8) is 0 Å². The molecule has 2 N–H and O–H groups in total. The summed E-state index contributed by atoms with van der Waals surface area (Å²) in [5.74, 6) is 0.820. The topological polar surface area (TPSA) is 79.0 Å². The van der Waals surface area contributed by atoms with Gasteiger partial charge in [0.25, 0.3) is 0 Å². The first kappa shape index (κ1) is 25.9. The fourth-order valence-corrected chi connectivity index (χ4v) is 5.09. The third kappa shape index (κ3) is 6.19. The van der Waals surface area contributed by atoms with E-state index in [1.165, 1.54) is 5.69 Å². The molecule has 8 heteroatoms. The molecule has 3 heterocycles. The molecule has 5 rings (SSSR count). The van der Waals surface area contributed by atoms with Gasteiger partial charge in [0.05, 0.1) is 25.1 Å². The molecule has 2 aliphatic heterocycles. The summed E-state index contributed by atoms with van der Waals surface area (Å²) in [7, 11) is 1.67. The maximum Gasteiger partial charge on any atom is 0.409 e. The number of pyridine rings is 1. The van der Waals surface area contributed by atoms with Gasteiger partial charge in [-0.25, -0.2) is 9.78 Å². The number of aromatic nitrogens is 1. The van der Waals surface area contributed by atoms with Crippen molar-refractivity contribution in [3.8, 4) is 28.3 Å². The molecular weight excluding hydrogens is 478 g/mol. The number of carbonyl (C=O) groups excluding carboxylic acids is 1. The number of ether oxygens (including phenoxy) is 2. The Morgan fingerprint density at radius 1 is 0.947 bits per heavy atom. The van der Waals surface area contributed by atoms with E-state index in [0.717, 1.165) is 73.0 Å². The van der Waals surface area contributed by atoms with Crippen molar-refractivity contribution in [2.24, 2.45) is 0 Å². The Balaban J connectivity index is 1.38. The second kappa shape index (κ2) is 12.2. The molecule has 2 aromatic carbocycles. The van der Waals surface area contributed by atoms with E-state index in [1.54, 1.807) is 12.0 Å². The van der Waals surface area contributed by atoms with Gasteiger partial charge in [0, 0.05) is 67.8 Å². The van der Waals surface area contributed by atoms with Gasteiger partial charge in [-0.3, -0.25) is 0 Å². The average Bonchev–Trinajstić information content (AvgIpc) is 2.98. The monoisotopic (exact) mass is 515 g/mol. The van der Waals surface area contributed by atoms with Crippen molar-refractivity contribution in [2.45, 2.75) is 25.8 Å². The first-order valence-corrected chi connectivity index (χ1v) is 13.5. The van der Waals surface area contributed by atoms with Crippen LogP contribution in [0.2, 0.25) is 0 Å². The molecule has 2 aliphatic rings. The van der Waals surface area contributed by atoms with E-state index in [2.05, 4.69) is 51.9 Å². The molecular formula is C30H37N5O3. The molecule has 1 aromatic heterocycles. The molecule has 200 valence electrons. The number of anilines is 2. The van der Waals surface area contributed by atoms with Gasteiger partial charge in [-0.1, -0.05) is 12.1 Å². The first-order chi connectivity index (χ1) is 18.6. The lowest BCUT2D eigenvalue weighted by Gasteiger charge is -2.32. The van der Waals surface area contributed by atoms with Crippen molar-refractivity contribution in [2.75, 3.05) is 63.2 Å². The molecule has 2 fully saturated rings. The number of benzene rings is 2. The van der Waals surface area contributed by atoms with E-state index in [0.29, 0.717) is 19.7 Å². The number of amides is 1. The zero-order valence-corrected chi connectivity index (χ0v) is 22.3. The normalized spacial score (nSPS) is 16.3. The fraction of sp³-hybridized carbons (Fsp3) is 0.400. The maximum absolute atomic E-state index is 12.1. The van der Waals surface area contributed by atoms with Gasteiger partial charge in [-0.15, -0.1) is 0 Å². The number of carbonyl (C=O) groups is 1. The van der Waals surface area contributed by atoms with Crippen LogP contribution in [-0.2, 0) is 4.74 Å². The van der Waals surface area contributed by atoms with Crippen LogP contribution in [0.5, 0.6) is 5.75 Å². The Kier molecular flexibility index (Phi) is 8.28. The highest BCUT2D eigenvalue weighted by molar-refractivity contribution is 5.73. The Hall–Kier alpha value is -3.78. The van der Waals surface area contributed by atoms with Gasteiger partial charge in [0.1, 0.15) is 5.75 Å². The van der Waals surface area contributed by atoms with Crippen LogP contribution >= 0.6 is 0 Å². The average molecular weight is 516 g/mol. The summed E-state index contributed by atoms with van der Waals surface area (Å²) in [5, 5.41) is 7.13. The van der Waals surface area contributed by atoms with Gasteiger partial charge in [-0.05, 0) is 68.3 Å². The molecule has 0 saturated carbocycles. The van der Waals surface area contributed by atoms with Gasteiger partial charge in [0.2, 0.25) is 0 Å². The molecule has 0 unspecified atom stereocenters. The van der Waals surface area contributed by atoms with Gasteiger partial charge in [-0.2, -0.15) is 0 Å². The Labute approximate surface area is 225 Å². The molecule has 1 amide bonds. The van der Waals surface area contributed by atoms with Crippen LogP contribution in [0.4, 0.5) is 16.2 Å². The van der Waals surface area contributed by atoms with E-state index in [9.17, 15) is 4.79 Å². The number of hydrogen-bond acceptors (Lipinski definition) is 7. The zero-order valence-electron chi connectivity index (χ0n) is 22.3. The summed E-state index contributed by atoms with van der Waals surface area (Å²) in [5.41, 5.74) is 6.22. The summed E-state index contributed by atoms with van der Waals surface area (Å²) in [4.78, 5) is 21.4. The van der Waals surface area contributed by atoms with Crippen LogP contribution in [0.1, 0.15) is 19.8 Å². The number of piperidine rings is 1. The summed E-state index contributed by atoms with van der Waals surface area (Å²) < 4.78 is 10.5. The summed E-state index contributed by atoms with van der Waals surface area (Å²) in [6, 6.07) is 21.2. The predicted molar refractivity (Wildman–Crippen MR) is 152 cm³/mol. The third-order valence-corrected chi connectivity index (χ3v) is 7.25. The lowest BCUT2D eigenvalue weighted by Crippen LogP contribution is -2.43. The molecule has 38 heavy (non-hydrogen) atoms. The Bertz CT molecular complexity index is 1200. The van der Waals surface area contributed by atoms with Gasteiger partial charge < -0.3 is 29.9 Å². The van der Waals surface area contributed by atoms with Crippen LogP contribution in [0.25, 0.3) is 22.5 Å². The number of likely N-dealkylation sites (tertiary alicyclic amines) is 1. The van der Waals surface area contributed by atoms with Crippen molar-refractivity contribution in [3.05, 3.63) is 60.7 Å². The lowest BCUT2D eigenvalue weighted by molar-refractivity contribution is 0.0983. The molecule has 3 aromatic rings. The molecule has 0 spiro atoms. The predicted octanol–water partition coefficient (Wildman–Crippen LogP) is 4.87. The first-order valence-electron chi connectivity index (χ1n) is 13.5. The van der Waals surface area contributed by atoms with E-state index in [1.807, 2.05) is 31.2 Å². The number of rotatable bonds is 7. The van der Waals surface area contributed by atoms with Crippen LogP contribution in [0.3, 0.4) is 0 Å². The Morgan fingerprint density at radius 3 is 2.13 bits per heavy atom. The standard InChI is InChI=1S/C30H37N5O3/c1-3-38-30(36)35-16-12-24(13-17-35)32-25-20-28(33-29(21-25)23-6-10-27(37-2)11-7-23)22-4-8-26(9-5-22)34-18-14-31-15-19-34/h4-11,20-21,24,31H,3,12-19H2,1-2H3,(H,32,33). The summed E-state index contributed by atoms with van der Waals surface area (Å²) >= 11 is 0. The quantitative estimate of drug-likeness (QED) is 0.465.